The molecule has 0 radical (unpaired) electrons. The summed E-state index contributed by atoms with van der Waals surface area (Å²) in [6.07, 6.45) is 3.61. The van der Waals surface area contributed by atoms with E-state index in [1.54, 1.807) is 0 Å². The highest BCUT2D eigenvalue weighted by atomic mass is 16.4. The van der Waals surface area contributed by atoms with Crippen molar-refractivity contribution in [2.45, 2.75) is 26.2 Å². The van der Waals surface area contributed by atoms with Gasteiger partial charge in [0.2, 0.25) is 0 Å². The minimum Gasteiger partial charge on any atom is -0.481 e. The van der Waals surface area contributed by atoms with Crippen LogP contribution in [-0.4, -0.2) is 11.1 Å². The van der Waals surface area contributed by atoms with E-state index in [0.29, 0.717) is 11.8 Å². The van der Waals surface area contributed by atoms with Gasteiger partial charge >= 0.3 is 5.97 Å². The molecule has 62 valence electrons. The maximum Gasteiger partial charge on any atom is 0.307 e. The first-order valence-electron chi connectivity index (χ1n) is 4.43. The van der Waals surface area contributed by atoms with Gasteiger partial charge in [-0.05, 0) is 37.0 Å². The molecule has 0 aromatic carbocycles. The van der Waals surface area contributed by atoms with Crippen LogP contribution in [0, 0.1) is 23.7 Å². The van der Waals surface area contributed by atoms with Crippen molar-refractivity contribution in [1.82, 2.24) is 0 Å². The molecule has 0 spiro atoms. The summed E-state index contributed by atoms with van der Waals surface area (Å²) in [6.45, 7) is 2.10. The number of carbonyl (C=O) groups is 1. The van der Waals surface area contributed by atoms with Gasteiger partial charge in [-0.25, -0.2) is 0 Å². The van der Waals surface area contributed by atoms with Gasteiger partial charge in [0.1, 0.15) is 0 Å². The Hall–Kier alpha value is -0.530. The number of hydrogen-bond acceptors (Lipinski definition) is 1. The molecule has 0 aromatic heterocycles. The predicted molar refractivity (Wildman–Crippen MR) is 41.1 cm³/mol. The van der Waals surface area contributed by atoms with Crippen molar-refractivity contribution < 1.29 is 9.90 Å². The summed E-state index contributed by atoms with van der Waals surface area (Å²) in [7, 11) is 0. The number of carboxylic acids is 1. The molecular formula is C9H14O2. The lowest BCUT2D eigenvalue weighted by Gasteiger charge is -2.24. The highest BCUT2D eigenvalue weighted by Crippen LogP contribution is 2.51. The molecule has 11 heavy (non-hydrogen) atoms. The molecule has 2 bridgehead atoms. The maximum absolute atomic E-state index is 10.8. The van der Waals surface area contributed by atoms with Crippen LogP contribution in [-0.2, 0) is 4.79 Å². The Morgan fingerprint density at radius 1 is 1.36 bits per heavy atom. The second-order valence-corrected chi connectivity index (χ2v) is 4.06. The maximum atomic E-state index is 10.8. The monoisotopic (exact) mass is 154 g/mol. The van der Waals surface area contributed by atoms with Gasteiger partial charge in [-0.15, -0.1) is 0 Å². The summed E-state index contributed by atoms with van der Waals surface area (Å²) in [5.41, 5.74) is 0. The van der Waals surface area contributed by atoms with Crippen molar-refractivity contribution in [3.8, 4) is 0 Å². The van der Waals surface area contributed by atoms with Crippen LogP contribution in [0.2, 0.25) is 0 Å². The van der Waals surface area contributed by atoms with Gasteiger partial charge in [0, 0.05) is 0 Å². The Morgan fingerprint density at radius 3 is 2.36 bits per heavy atom. The van der Waals surface area contributed by atoms with Crippen molar-refractivity contribution >= 4 is 5.97 Å². The quantitative estimate of drug-likeness (QED) is 0.624. The van der Waals surface area contributed by atoms with E-state index >= 15 is 0 Å². The highest BCUT2D eigenvalue weighted by Gasteiger charge is 2.48. The topological polar surface area (TPSA) is 37.3 Å². The SMILES string of the molecule is C[C@H]1[C@@H]2CC[C@@H](C2)[C@H]1C(=O)O. The first-order chi connectivity index (χ1) is 5.20. The summed E-state index contributed by atoms with van der Waals surface area (Å²) < 4.78 is 0. The molecule has 2 rings (SSSR count). The number of carboxylic acid groups (broad SMARTS) is 1. The van der Waals surface area contributed by atoms with E-state index in [-0.39, 0.29) is 5.92 Å². The highest BCUT2D eigenvalue weighted by molar-refractivity contribution is 5.71. The van der Waals surface area contributed by atoms with Crippen LogP contribution >= 0.6 is 0 Å². The van der Waals surface area contributed by atoms with E-state index in [9.17, 15) is 4.79 Å². The molecule has 2 saturated carbocycles. The molecular weight excluding hydrogens is 140 g/mol. The molecule has 0 saturated heterocycles. The number of rotatable bonds is 1. The Morgan fingerprint density at radius 2 is 2.00 bits per heavy atom. The van der Waals surface area contributed by atoms with Crippen LogP contribution in [0.3, 0.4) is 0 Å². The Balaban J connectivity index is 2.17. The average molecular weight is 154 g/mol. The minimum atomic E-state index is -0.565. The van der Waals surface area contributed by atoms with Gasteiger partial charge < -0.3 is 5.11 Å². The van der Waals surface area contributed by atoms with E-state index in [1.807, 2.05) is 0 Å². The lowest BCUT2D eigenvalue weighted by Crippen LogP contribution is -2.27. The predicted octanol–water partition coefficient (Wildman–Crippen LogP) is 1.75. The third-order valence-electron chi connectivity index (χ3n) is 3.62. The fraction of sp³-hybridized carbons (Fsp3) is 0.889. The summed E-state index contributed by atoms with van der Waals surface area (Å²) in [5.74, 6) is 1.08. The van der Waals surface area contributed by atoms with Gasteiger partial charge in [0.25, 0.3) is 0 Å². The molecule has 1 N–H and O–H groups in total. The first kappa shape index (κ1) is 7.14. The van der Waals surface area contributed by atoms with Gasteiger partial charge in [-0.3, -0.25) is 4.79 Å². The van der Waals surface area contributed by atoms with Gasteiger partial charge in [-0.2, -0.15) is 0 Å². The van der Waals surface area contributed by atoms with E-state index in [4.69, 9.17) is 5.11 Å². The van der Waals surface area contributed by atoms with Crippen LogP contribution in [0.5, 0.6) is 0 Å². The molecule has 2 heteroatoms. The Labute approximate surface area is 66.6 Å². The number of aliphatic carboxylic acids is 1. The summed E-state index contributed by atoms with van der Waals surface area (Å²) >= 11 is 0. The molecule has 2 aliphatic rings. The molecule has 4 atom stereocenters. The second kappa shape index (κ2) is 2.23. The lowest BCUT2D eigenvalue weighted by atomic mass is 9.81. The number of hydrogen-bond donors (Lipinski definition) is 1. The fourth-order valence-corrected chi connectivity index (χ4v) is 3.01. The molecule has 2 fully saturated rings. The van der Waals surface area contributed by atoms with Crippen LogP contribution in [0.4, 0.5) is 0 Å². The Bertz CT molecular complexity index is 186. The third kappa shape index (κ3) is 0.883. The van der Waals surface area contributed by atoms with E-state index in [0.717, 1.165) is 12.3 Å². The number of fused-ring (bicyclic) bond motifs is 2. The summed E-state index contributed by atoms with van der Waals surface area (Å²) in [6, 6.07) is 0. The average Bonchev–Trinajstić information content (AvgIpc) is 2.44. The largest absolute Gasteiger partial charge is 0.481 e. The van der Waals surface area contributed by atoms with Crippen LogP contribution in [0.1, 0.15) is 26.2 Å². The van der Waals surface area contributed by atoms with Gasteiger partial charge in [0.15, 0.2) is 0 Å². The molecule has 0 heterocycles. The normalized spacial score (nSPS) is 48.1. The van der Waals surface area contributed by atoms with E-state index < -0.39 is 5.97 Å². The summed E-state index contributed by atoms with van der Waals surface area (Å²) in [5, 5.41) is 8.91. The van der Waals surface area contributed by atoms with Crippen molar-refractivity contribution in [1.29, 1.82) is 0 Å². The van der Waals surface area contributed by atoms with Crippen molar-refractivity contribution in [3.63, 3.8) is 0 Å². The molecule has 2 nitrogen and oxygen atoms in total. The molecule has 0 aliphatic heterocycles. The molecule has 2 aliphatic carbocycles. The Kier molecular flexibility index (Phi) is 1.44. The van der Waals surface area contributed by atoms with Crippen LogP contribution in [0.25, 0.3) is 0 Å². The standard InChI is InChI=1S/C9H14O2/c1-5-6-2-3-7(4-6)8(5)9(10)11/h5-8H,2-4H2,1H3,(H,10,11)/t5-,6+,7-,8-/m0/s1. The molecule has 0 unspecified atom stereocenters. The summed E-state index contributed by atoms with van der Waals surface area (Å²) in [4.78, 5) is 10.8. The zero-order chi connectivity index (χ0) is 8.01. The van der Waals surface area contributed by atoms with Crippen molar-refractivity contribution in [3.05, 3.63) is 0 Å². The van der Waals surface area contributed by atoms with Gasteiger partial charge in [-0.1, -0.05) is 6.92 Å². The third-order valence-corrected chi connectivity index (χ3v) is 3.62. The van der Waals surface area contributed by atoms with Crippen molar-refractivity contribution in [2.24, 2.45) is 23.7 Å². The smallest absolute Gasteiger partial charge is 0.307 e. The first-order valence-corrected chi connectivity index (χ1v) is 4.43. The van der Waals surface area contributed by atoms with Crippen molar-refractivity contribution in [2.75, 3.05) is 0 Å². The lowest BCUT2D eigenvalue weighted by molar-refractivity contribution is -0.145. The molecule has 0 amide bonds. The second-order valence-electron chi connectivity index (χ2n) is 4.06. The molecule has 0 aromatic rings. The van der Waals surface area contributed by atoms with E-state index in [2.05, 4.69) is 6.92 Å². The minimum absolute atomic E-state index is 0.0197. The van der Waals surface area contributed by atoms with Crippen LogP contribution < -0.4 is 0 Å². The zero-order valence-corrected chi connectivity index (χ0v) is 6.79. The van der Waals surface area contributed by atoms with Crippen LogP contribution in [0.15, 0.2) is 0 Å². The van der Waals surface area contributed by atoms with Gasteiger partial charge in [0.05, 0.1) is 5.92 Å². The van der Waals surface area contributed by atoms with E-state index in [1.165, 1.54) is 12.8 Å². The fourth-order valence-electron chi connectivity index (χ4n) is 3.01. The zero-order valence-electron chi connectivity index (χ0n) is 6.79.